The number of aryl methyl sites for hydroxylation is 2. The van der Waals surface area contributed by atoms with E-state index in [2.05, 4.69) is 5.32 Å². The van der Waals surface area contributed by atoms with Crippen molar-refractivity contribution >= 4 is 33.2 Å². The molecule has 11 heteroatoms. The number of nitrogens with one attached hydrogen (secondary N) is 1. The molecule has 0 saturated heterocycles. The van der Waals surface area contributed by atoms with Gasteiger partial charge < -0.3 is 10.1 Å². The van der Waals surface area contributed by atoms with Crippen molar-refractivity contribution in [3.8, 4) is 5.75 Å². The summed E-state index contributed by atoms with van der Waals surface area (Å²) in [4.78, 5) is 12.5. The summed E-state index contributed by atoms with van der Waals surface area (Å²) < 4.78 is 73.0. The lowest BCUT2D eigenvalue weighted by atomic mass is 10.1. The first-order chi connectivity index (χ1) is 16.9. The van der Waals surface area contributed by atoms with Gasteiger partial charge in [0.2, 0.25) is 5.91 Å². The number of anilines is 1. The Kier molecular flexibility index (Phi) is 8.52. The summed E-state index contributed by atoms with van der Waals surface area (Å²) >= 11 is 6.12. The predicted octanol–water partition coefficient (Wildman–Crippen LogP) is 5.37. The summed E-state index contributed by atoms with van der Waals surface area (Å²) in [6.07, 6.45) is -4.74. The zero-order valence-corrected chi connectivity index (χ0v) is 21.0. The largest absolute Gasteiger partial charge is 0.491 e. The zero-order valence-electron chi connectivity index (χ0n) is 19.5. The fraction of sp³-hybridized carbons (Fsp3) is 0.240. The monoisotopic (exact) mass is 540 g/mol. The molecule has 3 rings (SSSR count). The Labute approximate surface area is 212 Å². The first-order valence-corrected chi connectivity index (χ1v) is 12.6. The smallest absolute Gasteiger partial charge is 0.416 e. The van der Waals surface area contributed by atoms with E-state index in [0.717, 1.165) is 23.3 Å². The number of nitrogens with zero attached hydrogens (tertiary/aromatic N) is 1. The summed E-state index contributed by atoms with van der Waals surface area (Å²) in [6, 6.07) is 15.0. The van der Waals surface area contributed by atoms with Gasteiger partial charge in [-0.25, -0.2) is 8.42 Å². The van der Waals surface area contributed by atoms with E-state index in [0.29, 0.717) is 16.1 Å². The van der Waals surface area contributed by atoms with Crippen LogP contribution in [-0.2, 0) is 21.0 Å². The van der Waals surface area contributed by atoms with Crippen LogP contribution in [0.2, 0.25) is 5.02 Å². The SMILES string of the molecule is Cc1ccc(C)c(OCCNC(=O)CN(c2cc(C(F)(F)F)ccc2Cl)S(=O)(=O)c2ccccc2)c1. The molecule has 0 aliphatic carbocycles. The average Bonchev–Trinajstić information content (AvgIpc) is 2.82. The number of rotatable bonds is 9. The molecule has 6 nitrogen and oxygen atoms in total. The predicted molar refractivity (Wildman–Crippen MR) is 132 cm³/mol. The Morgan fingerprint density at radius 1 is 1.03 bits per heavy atom. The minimum atomic E-state index is -4.74. The van der Waals surface area contributed by atoms with E-state index in [1.807, 2.05) is 32.0 Å². The average molecular weight is 541 g/mol. The number of halogens is 4. The van der Waals surface area contributed by atoms with Gasteiger partial charge in [-0.3, -0.25) is 9.10 Å². The van der Waals surface area contributed by atoms with Crippen LogP contribution >= 0.6 is 11.6 Å². The minimum absolute atomic E-state index is 0.0434. The van der Waals surface area contributed by atoms with Crippen molar-refractivity contribution in [3.63, 3.8) is 0 Å². The van der Waals surface area contributed by atoms with Crippen LogP contribution in [-0.4, -0.2) is 34.0 Å². The molecule has 0 bridgehead atoms. The fourth-order valence-electron chi connectivity index (χ4n) is 3.30. The molecule has 0 radical (unpaired) electrons. The molecule has 0 atom stereocenters. The molecule has 0 spiro atoms. The Hall–Kier alpha value is -3.24. The third-order valence-corrected chi connectivity index (χ3v) is 7.28. The highest BCUT2D eigenvalue weighted by molar-refractivity contribution is 7.92. The molecule has 0 fully saturated rings. The summed E-state index contributed by atoms with van der Waals surface area (Å²) in [7, 11) is -4.43. The number of sulfonamides is 1. The quantitative estimate of drug-likeness (QED) is 0.370. The molecule has 192 valence electrons. The number of hydrogen-bond acceptors (Lipinski definition) is 4. The maximum atomic E-state index is 13.3. The molecule has 0 aliphatic rings. The summed E-state index contributed by atoms with van der Waals surface area (Å²) in [6.45, 7) is 3.14. The number of carbonyl (C=O) groups is 1. The maximum absolute atomic E-state index is 13.3. The van der Waals surface area contributed by atoms with Crippen molar-refractivity contribution in [2.75, 3.05) is 24.0 Å². The Morgan fingerprint density at radius 3 is 2.39 bits per heavy atom. The van der Waals surface area contributed by atoms with Crippen LogP contribution in [0.25, 0.3) is 0 Å². The van der Waals surface area contributed by atoms with Crippen molar-refractivity contribution in [1.29, 1.82) is 0 Å². The Balaban J connectivity index is 1.82. The van der Waals surface area contributed by atoms with Crippen LogP contribution in [0.1, 0.15) is 16.7 Å². The van der Waals surface area contributed by atoms with Gasteiger partial charge in [-0.05, 0) is 61.4 Å². The molecule has 0 heterocycles. The number of amides is 1. The molecular weight excluding hydrogens is 517 g/mol. The number of alkyl halides is 3. The van der Waals surface area contributed by atoms with Gasteiger partial charge in [0.25, 0.3) is 10.0 Å². The molecular formula is C25H24ClF3N2O4S. The molecule has 1 amide bonds. The van der Waals surface area contributed by atoms with Crippen molar-refractivity contribution in [2.24, 2.45) is 0 Å². The van der Waals surface area contributed by atoms with Gasteiger partial charge in [-0.1, -0.05) is 41.9 Å². The van der Waals surface area contributed by atoms with Gasteiger partial charge in [0.05, 0.1) is 27.7 Å². The molecule has 36 heavy (non-hydrogen) atoms. The lowest BCUT2D eigenvalue weighted by molar-refractivity contribution is -0.137. The molecule has 0 aliphatic heterocycles. The van der Waals surface area contributed by atoms with Crippen LogP contribution < -0.4 is 14.4 Å². The van der Waals surface area contributed by atoms with Gasteiger partial charge in [0, 0.05) is 0 Å². The van der Waals surface area contributed by atoms with E-state index in [-0.39, 0.29) is 23.1 Å². The highest BCUT2D eigenvalue weighted by atomic mass is 35.5. The molecule has 0 saturated carbocycles. The molecule has 0 unspecified atom stereocenters. The lowest BCUT2D eigenvalue weighted by Gasteiger charge is -2.26. The van der Waals surface area contributed by atoms with E-state index in [1.165, 1.54) is 24.3 Å². The summed E-state index contributed by atoms with van der Waals surface area (Å²) in [5.41, 5.74) is 0.347. The first kappa shape index (κ1) is 27.3. The standard InChI is InChI=1S/C25H24ClF3N2O4S/c1-17-8-9-18(2)23(14-17)35-13-12-30-24(32)16-31(36(33,34)20-6-4-3-5-7-20)22-15-19(25(27,28)29)10-11-21(22)26/h3-11,14-15H,12-13,16H2,1-2H3,(H,30,32). The third-order valence-electron chi connectivity index (χ3n) is 5.19. The van der Waals surface area contributed by atoms with Crippen molar-refractivity contribution < 1.29 is 31.1 Å². The molecule has 3 aromatic rings. The van der Waals surface area contributed by atoms with Crippen LogP contribution in [0.4, 0.5) is 18.9 Å². The lowest BCUT2D eigenvalue weighted by Crippen LogP contribution is -2.42. The van der Waals surface area contributed by atoms with E-state index < -0.39 is 39.9 Å². The molecule has 1 N–H and O–H groups in total. The van der Waals surface area contributed by atoms with E-state index >= 15 is 0 Å². The Bertz CT molecular complexity index is 1330. The van der Waals surface area contributed by atoms with Gasteiger partial charge >= 0.3 is 6.18 Å². The van der Waals surface area contributed by atoms with E-state index in [9.17, 15) is 26.4 Å². The topological polar surface area (TPSA) is 75.7 Å². The van der Waals surface area contributed by atoms with E-state index in [1.54, 1.807) is 6.07 Å². The second kappa shape index (κ2) is 11.2. The molecule has 3 aromatic carbocycles. The number of hydrogen-bond donors (Lipinski definition) is 1. The van der Waals surface area contributed by atoms with Crippen LogP contribution in [0.3, 0.4) is 0 Å². The number of ether oxygens (including phenoxy) is 1. The summed E-state index contributed by atoms with van der Waals surface area (Å²) in [5, 5.41) is 2.28. The maximum Gasteiger partial charge on any atom is 0.416 e. The van der Waals surface area contributed by atoms with Crippen molar-refractivity contribution in [2.45, 2.75) is 24.9 Å². The van der Waals surface area contributed by atoms with Crippen LogP contribution in [0, 0.1) is 13.8 Å². The fourth-order valence-corrected chi connectivity index (χ4v) is 5.02. The molecule has 0 aromatic heterocycles. The Morgan fingerprint density at radius 2 is 1.72 bits per heavy atom. The second-order valence-electron chi connectivity index (χ2n) is 7.96. The van der Waals surface area contributed by atoms with Gasteiger partial charge in [-0.2, -0.15) is 13.2 Å². The highest BCUT2D eigenvalue weighted by Gasteiger charge is 2.34. The van der Waals surface area contributed by atoms with E-state index in [4.69, 9.17) is 16.3 Å². The normalized spacial score (nSPS) is 11.7. The summed E-state index contributed by atoms with van der Waals surface area (Å²) in [5.74, 6) is -0.0965. The second-order valence-corrected chi connectivity index (χ2v) is 10.2. The van der Waals surface area contributed by atoms with Crippen molar-refractivity contribution in [1.82, 2.24) is 5.32 Å². The van der Waals surface area contributed by atoms with Gasteiger partial charge in [-0.15, -0.1) is 0 Å². The minimum Gasteiger partial charge on any atom is -0.491 e. The zero-order chi connectivity index (χ0) is 26.5. The highest BCUT2D eigenvalue weighted by Crippen LogP contribution is 2.37. The third kappa shape index (κ3) is 6.70. The number of benzene rings is 3. The number of carbonyl (C=O) groups excluding carboxylic acids is 1. The van der Waals surface area contributed by atoms with Crippen LogP contribution in [0.15, 0.2) is 71.6 Å². The van der Waals surface area contributed by atoms with Gasteiger partial charge in [0.15, 0.2) is 0 Å². The van der Waals surface area contributed by atoms with Crippen molar-refractivity contribution in [3.05, 3.63) is 88.4 Å². The van der Waals surface area contributed by atoms with Crippen LogP contribution in [0.5, 0.6) is 5.75 Å². The first-order valence-electron chi connectivity index (χ1n) is 10.8. The van der Waals surface area contributed by atoms with Gasteiger partial charge in [0.1, 0.15) is 18.9 Å².